The summed E-state index contributed by atoms with van der Waals surface area (Å²) in [5, 5.41) is 0. The molecule has 0 unspecified atom stereocenters. The lowest BCUT2D eigenvalue weighted by Crippen LogP contribution is -2.43. The molecule has 1 aliphatic rings. The van der Waals surface area contributed by atoms with Gasteiger partial charge in [-0.25, -0.2) is 18.0 Å². The molecule has 140 valence electrons. The van der Waals surface area contributed by atoms with Crippen LogP contribution in [0.1, 0.15) is 5.56 Å². The average Bonchev–Trinajstić information content (AvgIpc) is 3.19. The molecule has 3 aromatic rings. The Kier molecular flexibility index (Phi) is 3.84. The van der Waals surface area contributed by atoms with Gasteiger partial charge in [0.1, 0.15) is 6.04 Å². The van der Waals surface area contributed by atoms with E-state index < -0.39 is 27.8 Å². The van der Waals surface area contributed by atoms with Gasteiger partial charge in [-0.2, -0.15) is 0 Å². The molecule has 0 spiro atoms. The smallest absolute Gasteiger partial charge is 0.419 e. The van der Waals surface area contributed by atoms with Crippen molar-refractivity contribution in [2.45, 2.75) is 17.4 Å². The standard InChI is InChI=1S/C18H16N2O6S/c1-19-14-8-7-12(10-16(14)26-18(19)22)27(23,24)20-13-6-4-3-5-11(13)9-15(20)17(21)25-2/h3-8,10,15H,9H2,1-2H3/t15-/m1/s1. The molecular weight excluding hydrogens is 372 g/mol. The molecule has 0 saturated carbocycles. The number of oxazole rings is 1. The number of sulfonamides is 1. The highest BCUT2D eigenvalue weighted by molar-refractivity contribution is 7.93. The molecule has 1 aliphatic heterocycles. The maximum atomic E-state index is 13.4. The second-order valence-electron chi connectivity index (χ2n) is 6.23. The quantitative estimate of drug-likeness (QED) is 0.630. The molecule has 0 amide bonds. The maximum Gasteiger partial charge on any atom is 0.419 e. The number of benzene rings is 2. The minimum absolute atomic E-state index is 0.0741. The molecule has 9 heteroatoms. The molecule has 1 aromatic heterocycles. The van der Waals surface area contributed by atoms with Crippen LogP contribution in [0.2, 0.25) is 0 Å². The molecule has 2 heterocycles. The molecule has 0 aliphatic carbocycles. The summed E-state index contributed by atoms with van der Waals surface area (Å²) >= 11 is 0. The lowest BCUT2D eigenvalue weighted by molar-refractivity contribution is -0.141. The van der Waals surface area contributed by atoms with Crippen molar-refractivity contribution in [3.8, 4) is 0 Å². The van der Waals surface area contributed by atoms with E-state index in [1.54, 1.807) is 24.3 Å². The van der Waals surface area contributed by atoms with E-state index in [0.717, 1.165) is 9.87 Å². The number of para-hydroxylation sites is 1. The Morgan fingerprint density at radius 1 is 1.22 bits per heavy atom. The van der Waals surface area contributed by atoms with Gasteiger partial charge in [0.25, 0.3) is 10.0 Å². The van der Waals surface area contributed by atoms with Crippen LogP contribution in [-0.2, 0) is 33.0 Å². The number of hydrogen-bond acceptors (Lipinski definition) is 6. The van der Waals surface area contributed by atoms with Crippen molar-refractivity contribution in [3.05, 3.63) is 58.6 Å². The zero-order valence-corrected chi connectivity index (χ0v) is 15.4. The van der Waals surface area contributed by atoms with Crippen LogP contribution in [0.5, 0.6) is 0 Å². The summed E-state index contributed by atoms with van der Waals surface area (Å²) < 4.78 is 39.0. The van der Waals surface area contributed by atoms with Gasteiger partial charge < -0.3 is 9.15 Å². The first-order valence-electron chi connectivity index (χ1n) is 8.14. The normalized spacial score (nSPS) is 16.5. The predicted octanol–water partition coefficient (Wildman–Crippen LogP) is 1.42. The molecule has 0 radical (unpaired) electrons. The van der Waals surface area contributed by atoms with Crippen LogP contribution in [0.25, 0.3) is 11.1 Å². The fraction of sp³-hybridized carbons (Fsp3) is 0.222. The third-order valence-corrected chi connectivity index (χ3v) is 6.54. The molecule has 0 fully saturated rings. The van der Waals surface area contributed by atoms with Crippen LogP contribution in [0.15, 0.2) is 56.6 Å². The highest BCUT2D eigenvalue weighted by atomic mass is 32.2. The van der Waals surface area contributed by atoms with Crippen molar-refractivity contribution in [1.29, 1.82) is 0 Å². The number of esters is 1. The first-order valence-corrected chi connectivity index (χ1v) is 9.58. The van der Waals surface area contributed by atoms with E-state index in [4.69, 9.17) is 9.15 Å². The van der Waals surface area contributed by atoms with Gasteiger partial charge in [-0.1, -0.05) is 18.2 Å². The van der Waals surface area contributed by atoms with Gasteiger partial charge in [0, 0.05) is 19.5 Å². The second-order valence-corrected chi connectivity index (χ2v) is 8.04. The Bertz CT molecular complexity index is 1220. The third kappa shape index (κ3) is 2.54. The van der Waals surface area contributed by atoms with E-state index >= 15 is 0 Å². The Morgan fingerprint density at radius 3 is 2.70 bits per heavy atom. The Hall–Kier alpha value is -3.07. The average molecular weight is 388 g/mol. The number of aromatic nitrogens is 1. The summed E-state index contributed by atoms with van der Waals surface area (Å²) in [6, 6.07) is 10.1. The summed E-state index contributed by atoms with van der Waals surface area (Å²) in [7, 11) is -1.33. The van der Waals surface area contributed by atoms with Gasteiger partial charge in [-0.05, 0) is 23.8 Å². The molecule has 1 atom stereocenters. The van der Waals surface area contributed by atoms with Crippen molar-refractivity contribution >= 4 is 32.8 Å². The SMILES string of the molecule is COC(=O)[C@H]1Cc2ccccc2N1S(=O)(=O)c1ccc2c(c1)oc(=O)n2C. The minimum Gasteiger partial charge on any atom is -0.467 e. The minimum atomic E-state index is -4.09. The van der Waals surface area contributed by atoms with Crippen LogP contribution in [-0.4, -0.2) is 32.1 Å². The van der Waals surface area contributed by atoms with Gasteiger partial charge in [0.05, 0.1) is 23.2 Å². The molecule has 2 aromatic carbocycles. The van der Waals surface area contributed by atoms with E-state index in [2.05, 4.69) is 0 Å². The lowest BCUT2D eigenvalue weighted by atomic mass is 10.1. The number of nitrogens with zero attached hydrogens (tertiary/aromatic N) is 2. The predicted molar refractivity (Wildman–Crippen MR) is 97.1 cm³/mol. The summed E-state index contributed by atoms with van der Waals surface area (Å²) in [5.41, 5.74) is 1.81. The number of fused-ring (bicyclic) bond motifs is 2. The maximum absolute atomic E-state index is 13.4. The van der Waals surface area contributed by atoms with Crippen LogP contribution in [0, 0.1) is 0 Å². The molecule has 0 bridgehead atoms. The Labute approximate surface area is 154 Å². The number of hydrogen-bond donors (Lipinski definition) is 0. The van der Waals surface area contributed by atoms with Crippen molar-refractivity contribution in [1.82, 2.24) is 4.57 Å². The van der Waals surface area contributed by atoms with Gasteiger partial charge in [0.2, 0.25) is 0 Å². The molecule has 27 heavy (non-hydrogen) atoms. The largest absolute Gasteiger partial charge is 0.467 e. The van der Waals surface area contributed by atoms with Crippen molar-refractivity contribution in [3.63, 3.8) is 0 Å². The Balaban J connectivity index is 1.89. The monoisotopic (exact) mass is 388 g/mol. The van der Waals surface area contributed by atoms with Crippen molar-refractivity contribution in [2.75, 3.05) is 11.4 Å². The van der Waals surface area contributed by atoms with E-state index in [1.807, 2.05) is 0 Å². The fourth-order valence-corrected chi connectivity index (χ4v) is 5.01. The molecule has 0 N–H and O–H groups in total. The zero-order chi connectivity index (χ0) is 19.3. The first kappa shape index (κ1) is 17.3. The highest BCUT2D eigenvalue weighted by Crippen LogP contribution is 2.37. The molecule has 0 saturated heterocycles. The van der Waals surface area contributed by atoms with E-state index in [0.29, 0.717) is 11.2 Å². The fourth-order valence-electron chi connectivity index (χ4n) is 3.36. The number of carbonyl (C=O) groups excluding carboxylic acids is 1. The van der Waals surface area contributed by atoms with E-state index in [-0.39, 0.29) is 16.9 Å². The zero-order valence-electron chi connectivity index (χ0n) is 14.6. The van der Waals surface area contributed by atoms with Crippen LogP contribution < -0.4 is 10.1 Å². The van der Waals surface area contributed by atoms with Crippen LogP contribution >= 0.6 is 0 Å². The Morgan fingerprint density at radius 2 is 1.96 bits per heavy atom. The van der Waals surface area contributed by atoms with Gasteiger partial charge in [-0.15, -0.1) is 0 Å². The summed E-state index contributed by atoms with van der Waals surface area (Å²) in [5.74, 6) is -1.22. The number of carbonyl (C=O) groups is 1. The van der Waals surface area contributed by atoms with Gasteiger partial charge in [0.15, 0.2) is 5.58 Å². The number of ether oxygens (including phenoxy) is 1. The second kappa shape index (κ2) is 5.98. The summed E-state index contributed by atoms with van der Waals surface area (Å²) in [4.78, 5) is 23.8. The van der Waals surface area contributed by atoms with Crippen molar-refractivity contribution in [2.24, 2.45) is 7.05 Å². The van der Waals surface area contributed by atoms with Crippen molar-refractivity contribution < 1.29 is 22.4 Å². The topological polar surface area (TPSA) is 98.8 Å². The van der Waals surface area contributed by atoms with Crippen LogP contribution in [0.3, 0.4) is 0 Å². The summed E-state index contributed by atoms with van der Waals surface area (Å²) in [6.07, 6.45) is 0.227. The highest BCUT2D eigenvalue weighted by Gasteiger charge is 2.43. The lowest BCUT2D eigenvalue weighted by Gasteiger charge is -2.25. The number of rotatable bonds is 3. The van der Waals surface area contributed by atoms with E-state index in [1.165, 1.54) is 36.9 Å². The third-order valence-electron chi connectivity index (χ3n) is 4.72. The van der Waals surface area contributed by atoms with Gasteiger partial charge >= 0.3 is 11.7 Å². The van der Waals surface area contributed by atoms with Crippen LogP contribution in [0.4, 0.5) is 5.69 Å². The number of anilines is 1. The summed E-state index contributed by atoms with van der Waals surface area (Å²) in [6.45, 7) is 0. The van der Waals surface area contributed by atoms with E-state index in [9.17, 15) is 18.0 Å². The molecular formula is C18H16N2O6S. The first-order chi connectivity index (χ1) is 12.8. The number of aryl methyl sites for hydroxylation is 1. The molecule has 4 rings (SSSR count). The van der Waals surface area contributed by atoms with Gasteiger partial charge in [-0.3, -0.25) is 8.87 Å². The molecule has 8 nitrogen and oxygen atoms in total. The number of methoxy groups -OCH3 is 1.